The minimum absolute atomic E-state index is 0.00167. The molecule has 0 aliphatic rings. The topological polar surface area (TPSA) is 66.5 Å². The zero-order valence-corrected chi connectivity index (χ0v) is 13.0. The second-order valence-electron chi connectivity index (χ2n) is 7.19. The average Bonchev–Trinajstić information content (AvgIpc) is 2.19. The first-order chi connectivity index (χ1) is 8.50. The molecule has 1 aromatic rings. The number of hydrogen-bond donors (Lipinski definition) is 3. The molecular formula is C16H27NO2. The molecule has 0 amide bonds. The molecule has 3 nitrogen and oxygen atoms in total. The summed E-state index contributed by atoms with van der Waals surface area (Å²) in [6.45, 7) is 12.7. The van der Waals surface area contributed by atoms with Crippen molar-refractivity contribution in [3.05, 3.63) is 22.8 Å². The summed E-state index contributed by atoms with van der Waals surface area (Å²) >= 11 is 0. The van der Waals surface area contributed by atoms with E-state index >= 15 is 0 Å². The van der Waals surface area contributed by atoms with E-state index in [0.29, 0.717) is 13.0 Å². The Balaban J connectivity index is 3.63. The van der Waals surface area contributed by atoms with Gasteiger partial charge >= 0.3 is 0 Å². The molecule has 0 spiro atoms. The number of benzene rings is 1. The highest BCUT2D eigenvalue weighted by molar-refractivity contribution is 5.58. The number of hydrogen-bond acceptors (Lipinski definition) is 3. The largest absolute Gasteiger partial charge is 0.504 e. The van der Waals surface area contributed by atoms with Crippen molar-refractivity contribution in [3.8, 4) is 11.5 Å². The Labute approximate surface area is 116 Å². The van der Waals surface area contributed by atoms with Gasteiger partial charge in [-0.3, -0.25) is 0 Å². The van der Waals surface area contributed by atoms with Crippen LogP contribution in [0.2, 0.25) is 0 Å². The summed E-state index contributed by atoms with van der Waals surface area (Å²) in [5.41, 5.74) is 7.80. The van der Waals surface area contributed by atoms with Crippen LogP contribution in [0.3, 0.4) is 0 Å². The van der Waals surface area contributed by atoms with Gasteiger partial charge in [0, 0.05) is 11.1 Å². The summed E-state index contributed by atoms with van der Waals surface area (Å²) in [5.74, 6) is 0.00146. The minimum Gasteiger partial charge on any atom is -0.504 e. The van der Waals surface area contributed by atoms with Crippen LogP contribution in [0.15, 0.2) is 6.07 Å². The van der Waals surface area contributed by atoms with E-state index in [2.05, 4.69) is 0 Å². The van der Waals surface area contributed by atoms with Crippen molar-refractivity contribution in [2.24, 2.45) is 5.73 Å². The monoisotopic (exact) mass is 265 g/mol. The van der Waals surface area contributed by atoms with Gasteiger partial charge < -0.3 is 15.9 Å². The second kappa shape index (κ2) is 5.04. The minimum atomic E-state index is -0.234. The van der Waals surface area contributed by atoms with Gasteiger partial charge in [-0.1, -0.05) is 47.6 Å². The van der Waals surface area contributed by atoms with Crippen molar-refractivity contribution < 1.29 is 10.2 Å². The molecule has 0 aliphatic carbocycles. The van der Waals surface area contributed by atoms with E-state index in [0.717, 1.165) is 16.7 Å². The predicted octanol–water partition coefficient (Wildman–Crippen LogP) is 3.19. The highest BCUT2D eigenvalue weighted by Crippen LogP contribution is 2.45. The molecular weight excluding hydrogens is 238 g/mol. The van der Waals surface area contributed by atoms with E-state index in [4.69, 9.17) is 5.73 Å². The van der Waals surface area contributed by atoms with Crippen LogP contribution in [-0.2, 0) is 17.3 Å². The van der Waals surface area contributed by atoms with E-state index < -0.39 is 0 Å². The summed E-state index contributed by atoms with van der Waals surface area (Å²) < 4.78 is 0. The molecule has 0 unspecified atom stereocenters. The maximum absolute atomic E-state index is 10.4. The Morgan fingerprint density at radius 2 is 1.47 bits per heavy atom. The third-order valence-electron chi connectivity index (χ3n) is 3.33. The highest BCUT2D eigenvalue weighted by atomic mass is 16.3. The molecule has 4 N–H and O–H groups in total. The first kappa shape index (κ1) is 15.8. The number of nitrogens with two attached hydrogens (primary N) is 1. The van der Waals surface area contributed by atoms with Gasteiger partial charge in [-0.15, -0.1) is 0 Å². The van der Waals surface area contributed by atoms with Gasteiger partial charge in [0.1, 0.15) is 0 Å². The Hall–Kier alpha value is -1.22. The van der Waals surface area contributed by atoms with Crippen LogP contribution < -0.4 is 5.73 Å². The standard InChI is InChI=1S/C16H27NO2/c1-15(2,3)11-9-10(7-8-17)12(16(4,5)6)14(19)13(11)18/h9,18-19H,7-8,17H2,1-6H3. The van der Waals surface area contributed by atoms with Crippen molar-refractivity contribution in [2.75, 3.05) is 6.54 Å². The molecule has 19 heavy (non-hydrogen) atoms. The molecule has 1 aromatic carbocycles. The van der Waals surface area contributed by atoms with Gasteiger partial charge in [0.25, 0.3) is 0 Å². The number of phenolic OH excluding ortho intramolecular Hbond substituents is 2. The van der Waals surface area contributed by atoms with Crippen molar-refractivity contribution in [2.45, 2.75) is 58.8 Å². The lowest BCUT2D eigenvalue weighted by Crippen LogP contribution is -2.20. The van der Waals surface area contributed by atoms with Crippen LogP contribution in [0.1, 0.15) is 58.2 Å². The Kier molecular flexibility index (Phi) is 4.20. The predicted molar refractivity (Wildman–Crippen MR) is 79.9 cm³/mol. The maximum atomic E-state index is 10.4. The number of aromatic hydroxyl groups is 2. The Bertz CT molecular complexity index is 465. The molecule has 0 saturated carbocycles. The van der Waals surface area contributed by atoms with E-state index in [1.807, 2.05) is 47.6 Å². The van der Waals surface area contributed by atoms with Crippen molar-refractivity contribution >= 4 is 0 Å². The van der Waals surface area contributed by atoms with Crippen molar-refractivity contribution in [3.63, 3.8) is 0 Å². The van der Waals surface area contributed by atoms with Gasteiger partial charge in [0.15, 0.2) is 11.5 Å². The van der Waals surface area contributed by atoms with Crippen molar-refractivity contribution in [1.29, 1.82) is 0 Å². The SMILES string of the molecule is CC(C)(C)c1cc(CCN)c(C(C)(C)C)c(O)c1O. The van der Waals surface area contributed by atoms with Crippen LogP contribution in [0.25, 0.3) is 0 Å². The molecule has 0 aromatic heterocycles. The molecule has 0 heterocycles. The van der Waals surface area contributed by atoms with Crippen LogP contribution in [0.5, 0.6) is 11.5 Å². The second-order valence-corrected chi connectivity index (χ2v) is 7.19. The van der Waals surface area contributed by atoms with E-state index in [1.54, 1.807) is 0 Å². The molecule has 0 saturated heterocycles. The summed E-state index contributed by atoms with van der Waals surface area (Å²) in [7, 11) is 0. The third kappa shape index (κ3) is 3.21. The van der Waals surface area contributed by atoms with Gasteiger partial charge in [0.05, 0.1) is 0 Å². The van der Waals surface area contributed by atoms with E-state index in [-0.39, 0.29) is 22.3 Å². The first-order valence-corrected chi connectivity index (χ1v) is 6.79. The number of rotatable bonds is 2. The third-order valence-corrected chi connectivity index (χ3v) is 3.33. The number of phenols is 2. The zero-order chi connectivity index (χ0) is 15.0. The van der Waals surface area contributed by atoms with Gasteiger partial charge in [-0.25, -0.2) is 0 Å². The summed E-state index contributed by atoms with van der Waals surface area (Å²) in [6, 6.07) is 1.99. The molecule has 108 valence electrons. The molecule has 0 atom stereocenters. The molecule has 0 radical (unpaired) electrons. The molecule has 0 aliphatic heterocycles. The zero-order valence-electron chi connectivity index (χ0n) is 13.0. The lowest BCUT2D eigenvalue weighted by molar-refractivity contribution is 0.374. The maximum Gasteiger partial charge on any atom is 0.161 e. The fourth-order valence-electron chi connectivity index (χ4n) is 2.47. The van der Waals surface area contributed by atoms with Gasteiger partial charge in [0.2, 0.25) is 0 Å². The normalized spacial score (nSPS) is 12.8. The molecule has 1 rings (SSSR count). The van der Waals surface area contributed by atoms with E-state index in [1.165, 1.54) is 0 Å². The molecule has 0 fully saturated rings. The molecule has 3 heteroatoms. The quantitative estimate of drug-likeness (QED) is 0.719. The van der Waals surface area contributed by atoms with E-state index in [9.17, 15) is 10.2 Å². The first-order valence-electron chi connectivity index (χ1n) is 6.79. The Morgan fingerprint density at radius 1 is 0.947 bits per heavy atom. The molecule has 0 bridgehead atoms. The highest BCUT2D eigenvalue weighted by Gasteiger charge is 2.29. The lowest BCUT2D eigenvalue weighted by atomic mass is 9.77. The van der Waals surface area contributed by atoms with Crippen LogP contribution in [-0.4, -0.2) is 16.8 Å². The lowest BCUT2D eigenvalue weighted by Gasteiger charge is -2.29. The fourth-order valence-corrected chi connectivity index (χ4v) is 2.47. The summed E-state index contributed by atoms with van der Waals surface area (Å²) in [5, 5.41) is 20.7. The van der Waals surface area contributed by atoms with Crippen LogP contribution in [0.4, 0.5) is 0 Å². The smallest absolute Gasteiger partial charge is 0.161 e. The summed E-state index contributed by atoms with van der Waals surface area (Å²) in [6.07, 6.45) is 0.698. The van der Waals surface area contributed by atoms with Crippen molar-refractivity contribution in [1.82, 2.24) is 0 Å². The summed E-state index contributed by atoms with van der Waals surface area (Å²) in [4.78, 5) is 0. The van der Waals surface area contributed by atoms with Crippen LogP contribution in [0, 0.1) is 0 Å². The average molecular weight is 265 g/mol. The van der Waals surface area contributed by atoms with Gasteiger partial charge in [-0.2, -0.15) is 0 Å². The Morgan fingerprint density at radius 3 is 1.84 bits per heavy atom. The van der Waals surface area contributed by atoms with Gasteiger partial charge in [-0.05, 0) is 29.4 Å². The van der Waals surface area contributed by atoms with Crippen LogP contribution >= 0.6 is 0 Å². The fraction of sp³-hybridized carbons (Fsp3) is 0.625.